The van der Waals surface area contributed by atoms with Gasteiger partial charge in [-0.3, -0.25) is 14.2 Å². The smallest absolute Gasteiger partial charge is 0.357 e. The molecule has 0 spiro atoms. The molecule has 2 aromatic rings. The number of carboxylic acids is 1. The number of nitrogens with one attached hydrogen (secondary N) is 1. The van der Waals surface area contributed by atoms with Crippen LogP contribution in [-0.2, 0) is 13.6 Å². The maximum Gasteiger partial charge on any atom is 0.357 e. The second-order valence-electron chi connectivity index (χ2n) is 5.19. The number of hydrogen-bond donors (Lipinski definition) is 2. The molecule has 0 aliphatic heterocycles. The fourth-order valence-corrected chi connectivity index (χ4v) is 2.37. The number of halogens is 1. The molecule has 1 amide bonds. The van der Waals surface area contributed by atoms with Crippen LogP contribution < -0.4 is 5.32 Å². The Labute approximate surface area is 138 Å². The highest BCUT2D eigenvalue weighted by molar-refractivity contribution is 6.31. The monoisotopic (exact) mass is 339 g/mol. The summed E-state index contributed by atoms with van der Waals surface area (Å²) in [5.41, 5.74) is 1.45. The summed E-state index contributed by atoms with van der Waals surface area (Å²) in [5.74, 6) is -1.69. The van der Waals surface area contributed by atoms with Crippen LogP contribution in [0.2, 0.25) is 5.02 Å². The Kier molecular flexibility index (Phi) is 5.05. The van der Waals surface area contributed by atoms with Crippen molar-refractivity contribution in [1.29, 1.82) is 0 Å². The zero-order valence-corrected chi connectivity index (χ0v) is 13.9. The number of hydrogen-bond acceptors (Lipinski definition) is 4. The van der Waals surface area contributed by atoms with Gasteiger partial charge in [-0.15, -0.1) is 0 Å². The lowest BCUT2D eigenvalue weighted by Crippen LogP contribution is -2.26. The standard InChI is InChI=1S/C14H18ClN5O3/c1-8-11(15)9(2)20(17-8)6-4-5-16-13(21)10-7-19(3)18-12(10)14(22)23/h7H,4-6H2,1-3H3,(H,16,21)(H,22,23). The lowest BCUT2D eigenvalue weighted by molar-refractivity contribution is 0.0684. The lowest BCUT2D eigenvalue weighted by atomic mass is 10.2. The largest absolute Gasteiger partial charge is 0.476 e. The Morgan fingerprint density at radius 1 is 1.35 bits per heavy atom. The maximum absolute atomic E-state index is 12.0. The van der Waals surface area contributed by atoms with E-state index in [0.29, 0.717) is 24.5 Å². The number of aromatic carboxylic acids is 1. The van der Waals surface area contributed by atoms with Gasteiger partial charge in [0.1, 0.15) is 0 Å². The third kappa shape index (κ3) is 3.70. The average molecular weight is 340 g/mol. The molecule has 8 nitrogen and oxygen atoms in total. The van der Waals surface area contributed by atoms with Crippen molar-refractivity contribution < 1.29 is 14.7 Å². The number of aryl methyl sites for hydroxylation is 3. The first-order valence-electron chi connectivity index (χ1n) is 7.06. The number of aromatic nitrogens is 4. The van der Waals surface area contributed by atoms with Crippen LogP contribution in [0.1, 0.15) is 38.7 Å². The molecule has 0 aliphatic carbocycles. The second kappa shape index (κ2) is 6.82. The number of carbonyl (C=O) groups is 2. The third-order valence-corrected chi connectivity index (χ3v) is 3.95. The molecule has 2 heterocycles. The highest BCUT2D eigenvalue weighted by Crippen LogP contribution is 2.18. The molecule has 2 N–H and O–H groups in total. The van der Waals surface area contributed by atoms with Crippen LogP contribution in [0, 0.1) is 13.8 Å². The van der Waals surface area contributed by atoms with Crippen molar-refractivity contribution in [3.63, 3.8) is 0 Å². The first kappa shape index (κ1) is 17.0. The van der Waals surface area contributed by atoms with Crippen molar-refractivity contribution in [2.24, 2.45) is 7.05 Å². The molecule has 23 heavy (non-hydrogen) atoms. The summed E-state index contributed by atoms with van der Waals surface area (Å²) in [4.78, 5) is 23.1. The van der Waals surface area contributed by atoms with E-state index in [1.807, 2.05) is 13.8 Å². The molecule has 0 unspecified atom stereocenters. The van der Waals surface area contributed by atoms with Crippen LogP contribution in [0.15, 0.2) is 6.20 Å². The van der Waals surface area contributed by atoms with Gasteiger partial charge in [-0.25, -0.2) is 4.79 Å². The third-order valence-electron chi connectivity index (χ3n) is 3.40. The van der Waals surface area contributed by atoms with E-state index in [0.717, 1.165) is 11.4 Å². The molecule has 124 valence electrons. The van der Waals surface area contributed by atoms with E-state index in [-0.39, 0.29) is 11.3 Å². The molecule has 0 aromatic carbocycles. The lowest BCUT2D eigenvalue weighted by Gasteiger charge is -2.06. The van der Waals surface area contributed by atoms with E-state index in [1.165, 1.54) is 10.9 Å². The summed E-state index contributed by atoms with van der Waals surface area (Å²) in [6.45, 7) is 4.72. The molecule has 2 rings (SSSR count). The van der Waals surface area contributed by atoms with Crippen molar-refractivity contribution in [2.75, 3.05) is 6.54 Å². The fraction of sp³-hybridized carbons (Fsp3) is 0.429. The summed E-state index contributed by atoms with van der Waals surface area (Å²) in [5, 5.41) is 20.4. The second-order valence-corrected chi connectivity index (χ2v) is 5.57. The van der Waals surface area contributed by atoms with Crippen LogP contribution in [0.3, 0.4) is 0 Å². The number of amides is 1. The normalized spacial score (nSPS) is 10.8. The Hall–Kier alpha value is -2.35. The minimum atomic E-state index is -1.23. The van der Waals surface area contributed by atoms with Gasteiger partial charge in [-0.1, -0.05) is 11.6 Å². The first-order chi connectivity index (χ1) is 10.8. The van der Waals surface area contributed by atoms with Crippen LogP contribution in [0.5, 0.6) is 0 Å². The molecule has 9 heteroatoms. The average Bonchev–Trinajstić information content (AvgIpc) is 3.00. The summed E-state index contributed by atoms with van der Waals surface area (Å²) in [6.07, 6.45) is 2.03. The Bertz CT molecular complexity index is 750. The van der Waals surface area contributed by atoms with E-state index in [4.69, 9.17) is 16.7 Å². The zero-order chi connectivity index (χ0) is 17.1. The van der Waals surface area contributed by atoms with Crippen LogP contribution in [-0.4, -0.2) is 43.1 Å². The molecule has 0 atom stereocenters. The van der Waals surface area contributed by atoms with Gasteiger partial charge in [0, 0.05) is 26.3 Å². The first-order valence-corrected chi connectivity index (χ1v) is 7.43. The van der Waals surface area contributed by atoms with Gasteiger partial charge in [-0.05, 0) is 20.3 Å². The van der Waals surface area contributed by atoms with E-state index in [1.54, 1.807) is 11.7 Å². The van der Waals surface area contributed by atoms with Crippen molar-refractivity contribution >= 4 is 23.5 Å². The van der Waals surface area contributed by atoms with Gasteiger partial charge < -0.3 is 10.4 Å². The topological polar surface area (TPSA) is 102 Å². The van der Waals surface area contributed by atoms with Gasteiger partial charge in [-0.2, -0.15) is 10.2 Å². The molecule has 0 bridgehead atoms. The van der Waals surface area contributed by atoms with Crippen LogP contribution in [0.25, 0.3) is 0 Å². The van der Waals surface area contributed by atoms with Crippen molar-refractivity contribution in [3.05, 3.63) is 33.9 Å². The minimum absolute atomic E-state index is 0.0501. The van der Waals surface area contributed by atoms with Gasteiger partial charge in [0.25, 0.3) is 5.91 Å². The summed E-state index contributed by atoms with van der Waals surface area (Å²) < 4.78 is 3.09. The summed E-state index contributed by atoms with van der Waals surface area (Å²) >= 11 is 6.07. The Morgan fingerprint density at radius 2 is 2.04 bits per heavy atom. The van der Waals surface area contributed by atoms with Gasteiger partial charge in [0.2, 0.25) is 0 Å². The minimum Gasteiger partial charge on any atom is -0.476 e. The van der Waals surface area contributed by atoms with E-state index >= 15 is 0 Å². The quantitative estimate of drug-likeness (QED) is 0.775. The van der Waals surface area contributed by atoms with Gasteiger partial charge in [0.05, 0.1) is 22.0 Å². The molecule has 0 aliphatic rings. The zero-order valence-electron chi connectivity index (χ0n) is 13.1. The van der Waals surface area contributed by atoms with Crippen molar-refractivity contribution in [1.82, 2.24) is 24.9 Å². The van der Waals surface area contributed by atoms with Crippen LogP contribution in [0.4, 0.5) is 0 Å². The summed E-state index contributed by atoms with van der Waals surface area (Å²) in [6, 6.07) is 0. The van der Waals surface area contributed by atoms with Crippen LogP contribution >= 0.6 is 11.6 Å². The molecule has 0 saturated heterocycles. The van der Waals surface area contributed by atoms with E-state index < -0.39 is 11.9 Å². The number of rotatable bonds is 6. The van der Waals surface area contributed by atoms with E-state index in [9.17, 15) is 9.59 Å². The molecular formula is C14H18ClN5O3. The molecule has 0 radical (unpaired) electrons. The predicted molar refractivity (Wildman–Crippen MR) is 83.8 cm³/mol. The fourth-order valence-electron chi connectivity index (χ4n) is 2.23. The Morgan fingerprint density at radius 3 is 2.61 bits per heavy atom. The van der Waals surface area contributed by atoms with Gasteiger partial charge in [0.15, 0.2) is 5.69 Å². The van der Waals surface area contributed by atoms with Crippen molar-refractivity contribution in [3.8, 4) is 0 Å². The van der Waals surface area contributed by atoms with E-state index in [2.05, 4.69) is 15.5 Å². The highest BCUT2D eigenvalue weighted by atomic mass is 35.5. The maximum atomic E-state index is 12.0. The molecule has 0 saturated carbocycles. The molecule has 2 aromatic heterocycles. The molecule has 0 fully saturated rings. The van der Waals surface area contributed by atoms with Gasteiger partial charge >= 0.3 is 5.97 Å². The summed E-state index contributed by atoms with van der Waals surface area (Å²) in [7, 11) is 1.57. The van der Waals surface area contributed by atoms with Crippen molar-refractivity contribution in [2.45, 2.75) is 26.8 Å². The predicted octanol–water partition coefficient (Wildman–Crippen LogP) is 1.41. The highest BCUT2D eigenvalue weighted by Gasteiger charge is 2.20. The Balaban J connectivity index is 1.90. The SMILES string of the molecule is Cc1nn(CCCNC(=O)c2cn(C)nc2C(=O)O)c(C)c1Cl. The number of nitrogens with zero attached hydrogens (tertiary/aromatic N) is 4. The molecular weight excluding hydrogens is 322 g/mol. The number of carboxylic acid groups (broad SMARTS) is 1. The number of carbonyl (C=O) groups excluding carboxylic acids is 1.